The lowest BCUT2D eigenvalue weighted by Crippen LogP contribution is -2.60. The molecule has 9 nitrogen and oxygen atoms in total. The molecule has 0 bridgehead atoms. The van der Waals surface area contributed by atoms with Crippen molar-refractivity contribution in [1.29, 1.82) is 0 Å². The van der Waals surface area contributed by atoms with Crippen molar-refractivity contribution in [3.8, 4) is 0 Å². The Morgan fingerprint density at radius 1 is 0.493 bits per heavy atom. The fourth-order valence-corrected chi connectivity index (χ4v) is 9.69. The summed E-state index contributed by atoms with van der Waals surface area (Å²) in [6.07, 6.45) is 52.6. The second-order valence-electron chi connectivity index (χ2n) is 20.8. The van der Waals surface area contributed by atoms with Crippen molar-refractivity contribution >= 4 is 5.91 Å². The number of allylic oxidation sites excluding steroid dienone is 2. The Hall–Kier alpha value is -1.07. The molecule has 0 saturated carbocycles. The Morgan fingerprint density at radius 2 is 0.836 bits per heavy atom. The summed E-state index contributed by atoms with van der Waals surface area (Å²) in [5.41, 5.74) is 0. The summed E-state index contributed by atoms with van der Waals surface area (Å²) in [4.78, 5) is 13.1. The number of unbranched alkanes of at least 4 members (excludes halogenated alkanes) is 39. The molecule has 0 aliphatic carbocycles. The summed E-state index contributed by atoms with van der Waals surface area (Å²) in [6, 6.07) is -0.715. The van der Waals surface area contributed by atoms with Crippen molar-refractivity contribution in [2.45, 2.75) is 339 Å². The largest absolute Gasteiger partial charge is 0.394 e. The minimum Gasteiger partial charge on any atom is -0.394 e. The van der Waals surface area contributed by atoms with E-state index < -0.39 is 49.5 Å². The second-order valence-corrected chi connectivity index (χ2v) is 20.8. The summed E-state index contributed by atoms with van der Waals surface area (Å²) in [5, 5.41) is 54.6. The van der Waals surface area contributed by atoms with Crippen molar-refractivity contribution in [2.75, 3.05) is 13.2 Å². The molecule has 9 heteroatoms. The number of amides is 1. The van der Waals surface area contributed by atoms with E-state index in [1.165, 1.54) is 231 Å². The summed E-state index contributed by atoms with van der Waals surface area (Å²) >= 11 is 0. The first-order valence-corrected chi connectivity index (χ1v) is 29.4. The Morgan fingerprint density at radius 3 is 1.21 bits per heavy atom. The Labute approximate surface area is 414 Å². The molecule has 0 aromatic heterocycles. The molecule has 0 radical (unpaired) electrons. The van der Waals surface area contributed by atoms with E-state index in [0.29, 0.717) is 12.8 Å². The van der Waals surface area contributed by atoms with Crippen LogP contribution in [0, 0.1) is 0 Å². The van der Waals surface area contributed by atoms with E-state index in [1.807, 2.05) is 0 Å². The molecule has 398 valence electrons. The molecule has 0 spiro atoms. The number of aliphatic hydroxyl groups excluding tert-OH is 5. The van der Waals surface area contributed by atoms with Crippen LogP contribution in [0.25, 0.3) is 0 Å². The van der Waals surface area contributed by atoms with Crippen molar-refractivity contribution < 1.29 is 39.8 Å². The molecule has 0 aromatic rings. The van der Waals surface area contributed by atoms with Gasteiger partial charge in [-0.2, -0.15) is 0 Å². The van der Waals surface area contributed by atoms with Crippen LogP contribution < -0.4 is 5.32 Å². The smallest absolute Gasteiger partial charge is 0.220 e. The van der Waals surface area contributed by atoms with E-state index in [2.05, 4.69) is 31.3 Å². The normalized spacial score (nSPS) is 19.7. The van der Waals surface area contributed by atoms with Gasteiger partial charge in [0.05, 0.1) is 25.4 Å². The number of carbonyl (C=O) groups excluding carboxylic acids is 1. The van der Waals surface area contributed by atoms with Crippen LogP contribution >= 0.6 is 0 Å². The quantitative estimate of drug-likeness (QED) is 0.0261. The molecule has 1 aliphatic heterocycles. The summed E-state index contributed by atoms with van der Waals surface area (Å²) in [5.74, 6) is -0.139. The molecule has 1 amide bonds. The van der Waals surface area contributed by atoms with Gasteiger partial charge in [-0.1, -0.05) is 264 Å². The molecule has 1 heterocycles. The van der Waals surface area contributed by atoms with Crippen molar-refractivity contribution in [3.05, 3.63) is 12.2 Å². The highest BCUT2D eigenvalue weighted by Crippen LogP contribution is 2.23. The summed E-state index contributed by atoms with van der Waals surface area (Å²) in [7, 11) is 0. The standard InChI is InChI=1S/C58H113NO8/c1-3-5-7-9-11-13-15-17-18-19-20-21-22-23-24-25-26-27-28-29-30-31-32-33-34-36-38-40-42-44-46-48-54(62)59-51(50-66-58-57(65)56(64)55(63)53(49-60)67-58)52(61)47-45-43-41-39-37-35-16-14-12-10-8-6-4-2/h23-24,51-53,55-58,60-61,63-65H,3-22,25-50H2,1-2H3,(H,59,62)/b24-23-. The molecule has 7 unspecified atom stereocenters. The highest BCUT2D eigenvalue weighted by Gasteiger charge is 2.44. The van der Waals surface area contributed by atoms with Crippen LogP contribution in [-0.2, 0) is 14.3 Å². The first-order chi connectivity index (χ1) is 32.8. The lowest BCUT2D eigenvalue weighted by atomic mass is 9.99. The van der Waals surface area contributed by atoms with Crippen molar-refractivity contribution in [3.63, 3.8) is 0 Å². The first kappa shape index (κ1) is 63.9. The van der Waals surface area contributed by atoms with Gasteiger partial charge in [-0.3, -0.25) is 4.79 Å². The zero-order valence-electron chi connectivity index (χ0n) is 44.2. The topological polar surface area (TPSA) is 149 Å². The van der Waals surface area contributed by atoms with Crippen LogP contribution in [0.1, 0.15) is 296 Å². The number of ether oxygens (including phenoxy) is 2. The van der Waals surface area contributed by atoms with E-state index in [1.54, 1.807) is 0 Å². The van der Waals surface area contributed by atoms with E-state index in [9.17, 15) is 30.3 Å². The van der Waals surface area contributed by atoms with E-state index in [4.69, 9.17) is 9.47 Å². The van der Waals surface area contributed by atoms with Gasteiger partial charge in [0.15, 0.2) is 6.29 Å². The van der Waals surface area contributed by atoms with Crippen molar-refractivity contribution in [1.82, 2.24) is 5.32 Å². The molecule has 1 saturated heterocycles. The van der Waals surface area contributed by atoms with Crippen LogP contribution in [0.15, 0.2) is 12.2 Å². The maximum atomic E-state index is 13.1. The molecule has 1 fully saturated rings. The Balaban J connectivity index is 2.10. The highest BCUT2D eigenvalue weighted by atomic mass is 16.7. The zero-order chi connectivity index (χ0) is 48.7. The Bertz CT molecular complexity index is 1060. The number of hydrogen-bond donors (Lipinski definition) is 6. The molecule has 0 aromatic carbocycles. The van der Waals surface area contributed by atoms with Gasteiger partial charge in [-0.25, -0.2) is 0 Å². The molecular weight excluding hydrogens is 839 g/mol. The molecule has 7 atom stereocenters. The molecule has 67 heavy (non-hydrogen) atoms. The summed E-state index contributed by atoms with van der Waals surface area (Å²) < 4.78 is 11.3. The van der Waals surface area contributed by atoms with Crippen LogP contribution in [0.3, 0.4) is 0 Å². The van der Waals surface area contributed by atoms with Crippen molar-refractivity contribution in [2.24, 2.45) is 0 Å². The predicted octanol–water partition coefficient (Wildman–Crippen LogP) is 14.4. The van der Waals surface area contributed by atoms with Crippen LogP contribution in [-0.4, -0.2) is 87.5 Å². The predicted molar refractivity (Wildman–Crippen MR) is 281 cm³/mol. The second kappa shape index (κ2) is 48.6. The van der Waals surface area contributed by atoms with Gasteiger partial charge in [0.25, 0.3) is 0 Å². The fraction of sp³-hybridized carbons (Fsp3) is 0.948. The minimum atomic E-state index is -1.55. The number of hydrogen-bond acceptors (Lipinski definition) is 8. The number of aliphatic hydroxyl groups is 5. The van der Waals surface area contributed by atoms with Crippen LogP contribution in [0.4, 0.5) is 0 Å². The maximum Gasteiger partial charge on any atom is 0.220 e. The van der Waals surface area contributed by atoms with Gasteiger partial charge in [0.1, 0.15) is 24.4 Å². The van der Waals surface area contributed by atoms with E-state index in [-0.39, 0.29) is 12.5 Å². The lowest BCUT2D eigenvalue weighted by molar-refractivity contribution is -0.302. The van der Waals surface area contributed by atoms with Crippen LogP contribution in [0.2, 0.25) is 0 Å². The van der Waals surface area contributed by atoms with Gasteiger partial charge in [-0.15, -0.1) is 0 Å². The van der Waals surface area contributed by atoms with Gasteiger partial charge in [0.2, 0.25) is 5.91 Å². The number of rotatable bonds is 51. The van der Waals surface area contributed by atoms with Gasteiger partial charge >= 0.3 is 0 Å². The Kier molecular flexibility index (Phi) is 46.3. The maximum absolute atomic E-state index is 13.1. The van der Waals surface area contributed by atoms with Gasteiger partial charge in [-0.05, 0) is 38.5 Å². The number of carbonyl (C=O) groups is 1. The van der Waals surface area contributed by atoms with Gasteiger partial charge < -0.3 is 40.3 Å². The minimum absolute atomic E-state index is 0.133. The monoisotopic (exact) mass is 952 g/mol. The van der Waals surface area contributed by atoms with E-state index >= 15 is 0 Å². The third kappa shape index (κ3) is 38.3. The first-order valence-electron chi connectivity index (χ1n) is 29.4. The third-order valence-corrected chi connectivity index (χ3v) is 14.4. The average molecular weight is 953 g/mol. The lowest BCUT2D eigenvalue weighted by Gasteiger charge is -2.40. The fourth-order valence-electron chi connectivity index (χ4n) is 9.69. The highest BCUT2D eigenvalue weighted by molar-refractivity contribution is 5.76. The number of nitrogens with one attached hydrogen (secondary N) is 1. The third-order valence-electron chi connectivity index (χ3n) is 14.4. The average Bonchev–Trinajstić information content (AvgIpc) is 3.33. The SMILES string of the molecule is CCCCCCCCCCCCCC/C=C\CCCCCCCCCCCCCCCCCC(=O)NC(COC1OC(CO)C(O)C(O)C1O)C(O)CCCCCCCCCCCCCCC. The zero-order valence-corrected chi connectivity index (χ0v) is 44.2. The van der Waals surface area contributed by atoms with E-state index in [0.717, 1.165) is 38.5 Å². The molecule has 6 N–H and O–H groups in total. The molecular formula is C58H113NO8. The molecule has 1 aliphatic rings. The van der Waals surface area contributed by atoms with Crippen LogP contribution in [0.5, 0.6) is 0 Å². The molecule has 1 rings (SSSR count). The van der Waals surface area contributed by atoms with Gasteiger partial charge in [0, 0.05) is 6.42 Å². The summed E-state index contributed by atoms with van der Waals surface area (Å²) in [6.45, 7) is 3.86.